The maximum Gasteiger partial charge on any atom is 0.406 e. The number of hydrogen-bond donors (Lipinski definition) is 1. The van der Waals surface area contributed by atoms with Gasteiger partial charge in [0.1, 0.15) is 0 Å². The van der Waals surface area contributed by atoms with Crippen molar-refractivity contribution in [3.05, 3.63) is 0 Å². The number of hydrogen-bond acceptors (Lipinski definition) is 2. The predicted octanol–water partition coefficient (Wildman–Crippen LogP) is 2.57. The molecule has 0 aliphatic carbocycles. The zero-order valence-electron chi connectivity index (χ0n) is 12.2. The van der Waals surface area contributed by atoms with E-state index in [-0.39, 0.29) is 6.54 Å². The Kier molecular flexibility index (Phi) is 5.47. The number of carbonyl (C=O) groups is 2. The monoisotopic (exact) mass is 310 g/mol. The van der Waals surface area contributed by atoms with Crippen molar-refractivity contribution >= 4 is 12.0 Å². The predicted molar refractivity (Wildman–Crippen MR) is 69.9 cm³/mol. The fourth-order valence-corrected chi connectivity index (χ4v) is 2.54. The minimum Gasteiger partial charge on any atom is -0.481 e. The number of halogens is 3. The van der Waals surface area contributed by atoms with Crippen molar-refractivity contribution in [1.82, 2.24) is 9.80 Å². The molecule has 0 bridgehead atoms. The summed E-state index contributed by atoms with van der Waals surface area (Å²) >= 11 is 0. The van der Waals surface area contributed by atoms with Gasteiger partial charge in [-0.1, -0.05) is 13.8 Å². The zero-order valence-corrected chi connectivity index (χ0v) is 12.2. The van der Waals surface area contributed by atoms with E-state index in [4.69, 9.17) is 5.11 Å². The molecule has 1 unspecified atom stereocenters. The van der Waals surface area contributed by atoms with E-state index >= 15 is 0 Å². The minimum absolute atomic E-state index is 0.186. The Morgan fingerprint density at radius 3 is 2.10 bits per heavy atom. The molecule has 1 heterocycles. The molecule has 1 rings (SSSR count). The van der Waals surface area contributed by atoms with Crippen molar-refractivity contribution < 1.29 is 27.9 Å². The summed E-state index contributed by atoms with van der Waals surface area (Å²) in [7, 11) is 0. The first-order chi connectivity index (χ1) is 9.69. The van der Waals surface area contributed by atoms with Crippen LogP contribution in [0.3, 0.4) is 0 Å². The molecular weight excluding hydrogens is 289 g/mol. The van der Waals surface area contributed by atoms with Crippen LogP contribution >= 0.6 is 0 Å². The maximum absolute atomic E-state index is 13.1. The Hall–Kier alpha value is -1.47. The normalized spacial score (nSPS) is 22.4. The van der Waals surface area contributed by atoms with E-state index in [1.54, 1.807) is 0 Å². The number of amides is 2. The highest BCUT2D eigenvalue weighted by Crippen LogP contribution is 2.45. The molecule has 0 radical (unpaired) electrons. The van der Waals surface area contributed by atoms with Crippen LogP contribution in [0.4, 0.5) is 18.0 Å². The van der Waals surface area contributed by atoms with Gasteiger partial charge in [-0.15, -0.1) is 0 Å². The minimum atomic E-state index is -4.87. The number of likely N-dealkylation sites (tertiary alicyclic amines) is 1. The van der Waals surface area contributed by atoms with E-state index in [0.29, 0.717) is 25.9 Å². The van der Waals surface area contributed by atoms with Gasteiger partial charge in [-0.25, -0.2) is 4.79 Å². The molecule has 21 heavy (non-hydrogen) atoms. The summed E-state index contributed by atoms with van der Waals surface area (Å²) in [5.74, 6) is -1.91. The largest absolute Gasteiger partial charge is 0.481 e. The van der Waals surface area contributed by atoms with Crippen LogP contribution in [0.1, 0.15) is 33.1 Å². The summed E-state index contributed by atoms with van der Waals surface area (Å²) in [6.45, 7) is 3.65. The van der Waals surface area contributed by atoms with E-state index in [9.17, 15) is 22.8 Å². The van der Waals surface area contributed by atoms with Crippen LogP contribution in [0, 0.1) is 5.41 Å². The summed E-state index contributed by atoms with van der Waals surface area (Å²) in [6.07, 6.45) is -4.07. The number of carboxylic acid groups (broad SMARTS) is 1. The van der Waals surface area contributed by atoms with Gasteiger partial charge in [0.25, 0.3) is 0 Å². The first kappa shape index (κ1) is 17.6. The van der Waals surface area contributed by atoms with Crippen molar-refractivity contribution in [3.8, 4) is 0 Å². The van der Waals surface area contributed by atoms with Crippen LogP contribution in [0.2, 0.25) is 0 Å². The molecule has 8 heteroatoms. The Labute approximate surface area is 121 Å². The van der Waals surface area contributed by atoms with Crippen LogP contribution in [-0.4, -0.2) is 59.3 Å². The molecule has 0 aromatic heterocycles. The molecule has 1 N–H and O–H groups in total. The van der Waals surface area contributed by atoms with E-state index in [1.807, 2.05) is 13.8 Å². The topological polar surface area (TPSA) is 60.9 Å². The second-order valence-corrected chi connectivity index (χ2v) is 5.33. The van der Waals surface area contributed by atoms with Gasteiger partial charge in [0.15, 0.2) is 5.41 Å². The van der Waals surface area contributed by atoms with Crippen molar-refractivity contribution in [1.29, 1.82) is 0 Å². The second-order valence-electron chi connectivity index (χ2n) is 5.33. The van der Waals surface area contributed by atoms with Crippen molar-refractivity contribution in [3.63, 3.8) is 0 Å². The summed E-state index contributed by atoms with van der Waals surface area (Å²) in [4.78, 5) is 25.8. The van der Waals surface area contributed by atoms with E-state index < -0.39 is 36.6 Å². The molecule has 5 nitrogen and oxygen atoms in total. The Bertz CT molecular complexity index is 395. The first-order valence-electron chi connectivity index (χ1n) is 7.03. The van der Waals surface area contributed by atoms with Gasteiger partial charge in [0.2, 0.25) is 0 Å². The summed E-state index contributed by atoms with van der Waals surface area (Å²) < 4.78 is 39.2. The maximum atomic E-state index is 13.1. The Balaban J connectivity index is 2.89. The summed E-state index contributed by atoms with van der Waals surface area (Å²) in [5.41, 5.74) is -2.84. The molecule has 1 atom stereocenters. The van der Waals surface area contributed by atoms with E-state index in [0.717, 1.165) is 4.90 Å². The smallest absolute Gasteiger partial charge is 0.406 e. The van der Waals surface area contributed by atoms with Gasteiger partial charge in [-0.2, -0.15) is 13.2 Å². The van der Waals surface area contributed by atoms with Gasteiger partial charge in [0.05, 0.1) is 0 Å². The molecule has 122 valence electrons. The van der Waals surface area contributed by atoms with E-state index in [2.05, 4.69) is 0 Å². The highest BCUT2D eigenvalue weighted by atomic mass is 19.4. The van der Waals surface area contributed by atoms with Crippen LogP contribution in [0.15, 0.2) is 0 Å². The number of alkyl halides is 3. The van der Waals surface area contributed by atoms with Crippen LogP contribution in [0.5, 0.6) is 0 Å². The lowest BCUT2D eigenvalue weighted by molar-refractivity contribution is -0.227. The first-order valence-corrected chi connectivity index (χ1v) is 7.03. The number of urea groups is 1. The average molecular weight is 310 g/mol. The van der Waals surface area contributed by atoms with Crippen molar-refractivity contribution in [2.75, 3.05) is 26.2 Å². The molecule has 0 saturated carbocycles. The lowest BCUT2D eigenvalue weighted by Gasteiger charge is -2.30. The van der Waals surface area contributed by atoms with Gasteiger partial charge in [-0.3, -0.25) is 4.79 Å². The zero-order chi connectivity index (χ0) is 16.3. The number of carboxylic acids is 1. The number of rotatable bonds is 5. The van der Waals surface area contributed by atoms with Gasteiger partial charge >= 0.3 is 18.2 Å². The third kappa shape index (κ3) is 3.41. The molecule has 0 aromatic carbocycles. The highest BCUT2D eigenvalue weighted by molar-refractivity contribution is 5.80. The number of nitrogens with zero attached hydrogens (tertiary/aromatic N) is 2. The van der Waals surface area contributed by atoms with Gasteiger partial charge in [-0.05, 0) is 19.3 Å². The SMILES string of the molecule is CCCN(CCC)C(=O)N1CCC(C(=O)O)(C(F)(F)F)C1. The molecule has 1 aliphatic rings. The third-order valence-electron chi connectivity index (χ3n) is 3.75. The van der Waals surface area contributed by atoms with Crippen LogP contribution < -0.4 is 0 Å². The van der Waals surface area contributed by atoms with Gasteiger partial charge < -0.3 is 14.9 Å². The van der Waals surface area contributed by atoms with Gasteiger partial charge in [0, 0.05) is 26.2 Å². The average Bonchev–Trinajstić information content (AvgIpc) is 2.83. The standard InChI is InChI=1S/C13H21F3N2O3/c1-3-6-17(7-4-2)11(21)18-8-5-12(9-18,10(19)20)13(14,15)16/h3-9H2,1-2H3,(H,19,20). The molecule has 1 aliphatic heterocycles. The second kappa shape index (κ2) is 6.53. The number of aliphatic carboxylic acids is 1. The Morgan fingerprint density at radius 2 is 1.76 bits per heavy atom. The highest BCUT2D eigenvalue weighted by Gasteiger charge is 2.64. The Morgan fingerprint density at radius 1 is 1.24 bits per heavy atom. The fourth-order valence-electron chi connectivity index (χ4n) is 2.54. The lowest BCUT2D eigenvalue weighted by atomic mass is 9.86. The molecule has 0 aromatic rings. The molecule has 1 saturated heterocycles. The molecular formula is C13H21F3N2O3. The van der Waals surface area contributed by atoms with E-state index in [1.165, 1.54) is 4.90 Å². The molecule has 1 fully saturated rings. The summed E-state index contributed by atoms with van der Waals surface area (Å²) in [6, 6.07) is -0.508. The third-order valence-corrected chi connectivity index (χ3v) is 3.75. The lowest BCUT2D eigenvalue weighted by Crippen LogP contribution is -2.49. The van der Waals surface area contributed by atoms with Crippen LogP contribution in [0.25, 0.3) is 0 Å². The fraction of sp³-hybridized carbons (Fsp3) is 0.846. The number of carbonyl (C=O) groups excluding carboxylic acids is 1. The van der Waals surface area contributed by atoms with Crippen molar-refractivity contribution in [2.45, 2.75) is 39.3 Å². The molecule has 0 spiro atoms. The summed E-state index contributed by atoms with van der Waals surface area (Å²) in [5, 5.41) is 8.97. The van der Waals surface area contributed by atoms with Crippen LogP contribution in [-0.2, 0) is 4.79 Å². The quantitative estimate of drug-likeness (QED) is 0.849. The molecule has 2 amide bonds. The van der Waals surface area contributed by atoms with Crippen molar-refractivity contribution in [2.24, 2.45) is 5.41 Å².